The molecule has 0 aliphatic heterocycles. The molecule has 0 radical (unpaired) electrons. The maximum Gasteiger partial charge on any atom is 0.0342 e. The molecule has 1 heteroatoms. The standard InChI is InChI=1S/C8H9N/c1-7(2)8-4-3-5-9-6-8/h3-6H,1H2,2H3. The van der Waals surface area contributed by atoms with Crippen molar-refractivity contribution in [1.29, 1.82) is 0 Å². The molecule has 0 aromatic carbocycles. The van der Waals surface area contributed by atoms with E-state index < -0.39 is 0 Å². The van der Waals surface area contributed by atoms with Crippen LogP contribution >= 0.6 is 0 Å². The first-order chi connectivity index (χ1) is 4.30. The molecular weight excluding hydrogens is 110 g/mol. The second-order valence-corrected chi connectivity index (χ2v) is 2.02. The number of hydrogen-bond donors (Lipinski definition) is 0. The summed E-state index contributed by atoms with van der Waals surface area (Å²) in [6.07, 6.45) is 3.56. The maximum absolute atomic E-state index is 3.95. The van der Waals surface area contributed by atoms with Gasteiger partial charge in [-0.15, -0.1) is 0 Å². The molecule has 0 saturated carbocycles. The normalized spacial score (nSPS) is 9.00. The van der Waals surface area contributed by atoms with Gasteiger partial charge in [0.25, 0.3) is 0 Å². The average Bonchev–Trinajstić information content (AvgIpc) is 1.90. The molecule has 1 heterocycles. The van der Waals surface area contributed by atoms with Gasteiger partial charge in [0, 0.05) is 12.4 Å². The summed E-state index contributed by atoms with van der Waals surface area (Å²) in [5.41, 5.74) is 2.17. The van der Waals surface area contributed by atoms with Crippen molar-refractivity contribution < 1.29 is 0 Å². The van der Waals surface area contributed by atoms with Crippen LogP contribution in [0.4, 0.5) is 0 Å². The first-order valence-corrected chi connectivity index (χ1v) is 2.86. The molecule has 0 amide bonds. The fraction of sp³-hybridized carbons (Fsp3) is 0.125. The van der Waals surface area contributed by atoms with E-state index in [2.05, 4.69) is 11.6 Å². The number of hydrogen-bond acceptors (Lipinski definition) is 1. The minimum absolute atomic E-state index is 1.06. The highest BCUT2D eigenvalue weighted by atomic mass is 14.6. The highest BCUT2D eigenvalue weighted by Crippen LogP contribution is 2.06. The number of nitrogens with zero attached hydrogens (tertiary/aromatic N) is 1. The number of rotatable bonds is 1. The second kappa shape index (κ2) is 2.44. The largest absolute Gasteiger partial charge is 0.264 e. The fourth-order valence-electron chi connectivity index (χ4n) is 0.615. The van der Waals surface area contributed by atoms with Crippen LogP contribution in [0.2, 0.25) is 0 Å². The topological polar surface area (TPSA) is 12.9 Å². The predicted molar refractivity (Wildman–Crippen MR) is 38.9 cm³/mol. The Kier molecular flexibility index (Phi) is 1.63. The third-order valence-electron chi connectivity index (χ3n) is 1.15. The van der Waals surface area contributed by atoms with E-state index in [1.165, 1.54) is 0 Å². The van der Waals surface area contributed by atoms with Gasteiger partial charge in [0.15, 0.2) is 0 Å². The van der Waals surface area contributed by atoms with Crippen LogP contribution in [0, 0.1) is 0 Å². The first-order valence-electron chi connectivity index (χ1n) is 2.86. The van der Waals surface area contributed by atoms with Gasteiger partial charge in [-0.25, -0.2) is 0 Å². The highest BCUT2D eigenvalue weighted by Gasteiger charge is 1.87. The van der Waals surface area contributed by atoms with Gasteiger partial charge in [0.1, 0.15) is 0 Å². The van der Waals surface area contributed by atoms with Crippen molar-refractivity contribution in [2.45, 2.75) is 6.92 Å². The molecule has 0 bridgehead atoms. The zero-order chi connectivity index (χ0) is 6.69. The summed E-state index contributed by atoms with van der Waals surface area (Å²) in [4.78, 5) is 3.95. The van der Waals surface area contributed by atoms with Gasteiger partial charge in [-0.2, -0.15) is 0 Å². The van der Waals surface area contributed by atoms with Crippen LogP contribution in [0.3, 0.4) is 0 Å². The smallest absolute Gasteiger partial charge is 0.0342 e. The molecule has 1 nitrogen and oxygen atoms in total. The van der Waals surface area contributed by atoms with Crippen molar-refractivity contribution in [1.82, 2.24) is 4.98 Å². The summed E-state index contributed by atoms with van der Waals surface area (Å²) in [7, 11) is 0. The van der Waals surface area contributed by atoms with Gasteiger partial charge >= 0.3 is 0 Å². The highest BCUT2D eigenvalue weighted by molar-refractivity contribution is 5.59. The van der Waals surface area contributed by atoms with E-state index >= 15 is 0 Å². The summed E-state index contributed by atoms with van der Waals surface area (Å²) in [6.45, 7) is 5.75. The van der Waals surface area contributed by atoms with Crippen molar-refractivity contribution in [3.63, 3.8) is 0 Å². The Bertz CT molecular complexity index is 201. The number of allylic oxidation sites excluding steroid dienone is 1. The molecule has 0 N–H and O–H groups in total. The van der Waals surface area contributed by atoms with E-state index in [0.717, 1.165) is 11.1 Å². The maximum atomic E-state index is 3.95. The van der Waals surface area contributed by atoms with Crippen LogP contribution in [0.25, 0.3) is 5.57 Å². The van der Waals surface area contributed by atoms with Crippen molar-refractivity contribution in [2.24, 2.45) is 0 Å². The lowest BCUT2D eigenvalue weighted by Crippen LogP contribution is -1.76. The minimum atomic E-state index is 1.06. The van der Waals surface area contributed by atoms with Crippen LogP contribution in [-0.4, -0.2) is 4.98 Å². The lowest BCUT2D eigenvalue weighted by atomic mass is 10.2. The molecule has 1 rings (SSSR count). The van der Waals surface area contributed by atoms with Gasteiger partial charge in [0.05, 0.1) is 0 Å². The molecular formula is C8H9N. The summed E-state index contributed by atoms with van der Waals surface area (Å²) in [6, 6.07) is 3.90. The second-order valence-electron chi connectivity index (χ2n) is 2.02. The van der Waals surface area contributed by atoms with Crippen molar-refractivity contribution >= 4 is 5.57 Å². The van der Waals surface area contributed by atoms with E-state index in [1.807, 2.05) is 25.3 Å². The van der Waals surface area contributed by atoms with Crippen LogP contribution in [-0.2, 0) is 0 Å². The van der Waals surface area contributed by atoms with E-state index in [9.17, 15) is 0 Å². The Morgan fingerprint density at radius 3 is 2.78 bits per heavy atom. The average molecular weight is 119 g/mol. The van der Waals surface area contributed by atoms with Crippen LogP contribution < -0.4 is 0 Å². The van der Waals surface area contributed by atoms with Crippen molar-refractivity contribution in [3.05, 3.63) is 36.7 Å². The van der Waals surface area contributed by atoms with Crippen LogP contribution in [0.15, 0.2) is 31.1 Å². The Balaban J connectivity index is 2.98. The Labute approximate surface area is 55.1 Å². The van der Waals surface area contributed by atoms with E-state index in [1.54, 1.807) is 6.20 Å². The summed E-state index contributed by atoms with van der Waals surface area (Å²) in [5, 5.41) is 0. The molecule has 46 valence electrons. The SMILES string of the molecule is C=C(C)c1cccnc1. The summed E-state index contributed by atoms with van der Waals surface area (Å²) < 4.78 is 0. The summed E-state index contributed by atoms with van der Waals surface area (Å²) >= 11 is 0. The molecule has 0 spiro atoms. The monoisotopic (exact) mass is 119 g/mol. The lowest BCUT2D eigenvalue weighted by molar-refractivity contribution is 1.31. The molecule has 0 aliphatic carbocycles. The quantitative estimate of drug-likeness (QED) is 0.551. The number of aromatic nitrogens is 1. The van der Waals surface area contributed by atoms with E-state index in [4.69, 9.17) is 0 Å². The zero-order valence-corrected chi connectivity index (χ0v) is 5.46. The van der Waals surface area contributed by atoms with Gasteiger partial charge in [-0.05, 0) is 24.1 Å². The van der Waals surface area contributed by atoms with E-state index in [-0.39, 0.29) is 0 Å². The molecule has 9 heavy (non-hydrogen) atoms. The summed E-state index contributed by atoms with van der Waals surface area (Å²) in [5.74, 6) is 0. The van der Waals surface area contributed by atoms with Crippen LogP contribution in [0.1, 0.15) is 12.5 Å². The third-order valence-corrected chi connectivity index (χ3v) is 1.15. The van der Waals surface area contributed by atoms with Crippen molar-refractivity contribution in [2.75, 3.05) is 0 Å². The molecule has 1 aromatic rings. The molecule has 0 saturated heterocycles. The van der Waals surface area contributed by atoms with Crippen molar-refractivity contribution in [3.8, 4) is 0 Å². The molecule has 0 fully saturated rings. The predicted octanol–water partition coefficient (Wildman–Crippen LogP) is 2.11. The minimum Gasteiger partial charge on any atom is -0.264 e. The third kappa shape index (κ3) is 1.39. The molecule has 0 atom stereocenters. The molecule has 1 aromatic heterocycles. The Hall–Kier alpha value is -1.11. The first kappa shape index (κ1) is 6.02. The van der Waals surface area contributed by atoms with Gasteiger partial charge in [0.2, 0.25) is 0 Å². The molecule has 0 unspecified atom stereocenters. The molecule has 0 aliphatic rings. The fourth-order valence-corrected chi connectivity index (χ4v) is 0.615. The lowest BCUT2D eigenvalue weighted by Gasteiger charge is -1.93. The zero-order valence-electron chi connectivity index (χ0n) is 5.46. The van der Waals surface area contributed by atoms with Crippen LogP contribution in [0.5, 0.6) is 0 Å². The Morgan fingerprint density at radius 1 is 1.67 bits per heavy atom. The van der Waals surface area contributed by atoms with Gasteiger partial charge in [-0.1, -0.05) is 12.6 Å². The van der Waals surface area contributed by atoms with Gasteiger partial charge < -0.3 is 0 Å². The Morgan fingerprint density at radius 2 is 2.44 bits per heavy atom. The van der Waals surface area contributed by atoms with E-state index in [0.29, 0.717) is 0 Å². The van der Waals surface area contributed by atoms with Gasteiger partial charge in [-0.3, -0.25) is 4.98 Å². The number of pyridine rings is 1.